The van der Waals surface area contributed by atoms with Gasteiger partial charge in [-0.05, 0) is 0 Å². The minimum atomic E-state index is -3.41. The smallest absolute Gasteiger partial charge is 0.356 e. The Bertz CT molecular complexity index is 651. The van der Waals surface area contributed by atoms with Crippen LogP contribution in [0.2, 0.25) is 0 Å². The molecule has 9 heteroatoms. The Kier molecular flexibility index (Phi) is 3.30. The maximum atomic E-state index is 11.6. The van der Waals surface area contributed by atoms with Gasteiger partial charge < -0.3 is 10.0 Å². The van der Waals surface area contributed by atoms with Crippen molar-refractivity contribution in [2.75, 3.05) is 11.2 Å². The lowest BCUT2D eigenvalue weighted by Crippen LogP contribution is -2.40. The molecule has 19 heavy (non-hydrogen) atoms. The van der Waals surface area contributed by atoms with E-state index in [0.29, 0.717) is 0 Å². The molecule has 1 aliphatic rings. The zero-order chi connectivity index (χ0) is 14.0. The third-order valence-electron chi connectivity index (χ3n) is 2.36. The molecule has 2 rings (SSSR count). The van der Waals surface area contributed by atoms with Gasteiger partial charge in [0.05, 0.1) is 12.4 Å². The number of hydrogen-bond acceptors (Lipinski definition) is 7. The van der Waals surface area contributed by atoms with Crippen LogP contribution in [0.25, 0.3) is 0 Å². The molecule has 2 heterocycles. The first-order valence-corrected chi connectivity index (χ1v) is 7.07. The van der Waals surface area contributed by atoms with Crippen LogP contribution in [0.15, 0.2) is 29.8 Å². The Morgan fingerprint density at radius 1 is 1.37 bits per heavy atom. The highest BCUT2D eigenvalue weighted by molar-refractivity contribution is 7.92. The summed E-state index contributed by atoms with van der Waals surface area (Å²) in [4.78, 5) is 23.4. The van der Waals surface area contributed by atoms with E-state index < -0.39 is 21.2 Å². The van der Waals surface area contributed by atoms with E-state index in [2.05, 4.69) is 15.0 Å². The molecule has 100 valence electrons. The van der Waals surface area contributed by atoms with Crippen molar-refractivity contribution in [3.8, 4) is 0 Å². The molecule has 0 amide bonds. The SMILES string of the molecule is CS(=O)(=O)C1C=NC=CN1c1cnc(C(=O)O)cn1. The first-order valence-electron chi connectivity index (χ1n) is 5.12. The molecule has 0 radical (unpaired) electrons. The van der Waals surface area contributed by atoms with E-state index in [9.17, 15) is 13.2 Å². The number of nitrogens with zero attached hydrogens (tertiary/aromatic N) is 4. The maximum absolute atomic E-state index is 11.6. The topological polar surface area (TPSA) is 113 Å². The Balaban J connectivity index is 2.37. The lowest BCUT2D eigenvalue weighted by molar-refractivity contribution is 0.0690. The van der Waals surface area contributed by atoms with E-state index in [1.54, 1.807) is 0 Å². The van der Waals surface area contributed by atoms with Gasteiger partial charge in [-0.15, -0.1) is 0 Å². The highest BCUT2D eigenvalue weighted by Gasteiger charge is 2.28. The molecule has 1 N–H and O–H groups in total. The number of aliphatic imine (C=N–C) groups is 1. The summed E-state index contributed by atoms with van der Waals surface area (Å²) in [6.45, 7) is 0. The first kappa shape index (κ1) is 13.1. The summed E-state index contributed by atoms with van der Waals surface area (Å²) in [5, 5.41) is 7.74. The molecule has 0 bridgehead atoms. The Hall–Kier alpha value is -2.29. The number of anilines is 1. The minimum absolute atomic E-state index is 0.214. The summed E-state index contributed by atoms with van der Waals surface area (Å²) in [6, 6.07) is 0. The number of aromatic nitrogens is 2. The number of carboxylic acid groups (broad SMARTS) is 1. The zero-order valence-electron chi connectivity index (χ0n) is 9.83. The molecule has 8 nitrogen and oxygen atoms in total. The predicted molar refractivity (Wildman–Crippen MR) is 67.7 cm³/mol. The van der Waals surface area contributed by atoms with Crippen molar-refractivity contribution in [2.24, 2.45) is 4.99 Å². The molecule has 1 aromatic heterocycles. The summed E-state index contributed by atoms with van der Waals surface area (Å²) >= 11 is 0. The van der Waals surface area contributed by atoms with Crippen molar-refractivity contribution >= 4 is 27.8 Å². The summed E-state index contributed by atoms with van der Waals surface area (Å²) < 4.78 is 23.3. The Morgan fingerprint density at radius 2 is 2.11 bits per heavy atom. The maximum Gasteiger partial charge on any atom is 0.356 e. The molecular formula is C10H10N4O4S. The quantitative estimate of drug-likeness (QED) is 0.824. The largest absolute Gasteiger partial charge is 0.476 e. The van der Waals surface area contributed by atoms with Crippen LogP contribution in [0, 0.1) is 0 Å². The third-order valence-corrected chi connectivity index (χ3v) is 3.59. The van der Waals surface area contributed by atoms with Crippen LogP contribution in [0.5, 0.6) is 0 Å². The standard InChI is InChI=1S/C10H10N4O4S/c1-19(17,18)9-6-11-2-3-14(9)8-5-12-7(4-13-8)10(15)16/h2-6,9H,1H3,(H,15,16). The van der Waals surface area contributed by atoms with Gasteiger partial charge in [0.15, 0.2) is 26.7 Å². The normalized spacial score (nSPS) is 18.6. The molecule has 0 aliphatic carbocycles. The summed E-state index contributed by atoms with van der Waals surface area (Å²) in [5.41, 5.74) is -0.214. The van der Waals surface area contributed by atoms with Crippen molar-refractivity contribution in [1.29, 1.82) is 0 Å². The number of sulfone groups is 1. The second kappa shape index (κ2) is 4.76. The second-order valence-electron chi connectivity index (χ2n) is 3.79. The van der Waals surface area contributed by atoms with Gasteiger partial charge >= 0.3 is 5.97 Å². The first-order chi connectivity index (χ1) is 8.89. The van der Waals surface area contributed by atoms with Crippen molar-refractivity contribution in [3.05, 3.63) is 30.5 Å². The van der Waals surface area contributed by atoms with Crippen molar-refractivity contribution < 1.29 is 18.3 Å². The second-order valence-corrected chi connectivity index (χ2v) is 5.93. The van der Waals surface area contributed by atoms with Gasteiger partial charge in [0.2, 0.25) is 0 Å². The van der Waals surface area contributed by atoms with E-state index in [4.69, 9.17) is 5.11 Å². The Labute approximate surface area is 109 Å². The molecule has 0 saturated carbocycles. The van der Waals surface area contributed by atoms with Crippen LogP contribution in [-0.4, -0.2) is 47.3 Å². The number of rotatable bonds is 3. The fourth-order valence-corrected chi connectivity index (χ4v) is 2.36. The fourth-order valence-electron chi connectivity index (χ4n) is 1.48. The van der Waals surface area contributed by atoms with Crippen LogP contribution in [0.4, 0.5) is 5.82 Å². The van der Waals surface area contributed by atoms with Crippen LogP contribution in [0.3, 0.4) is 0 Å². The van der Waals surface area contributed by atoms with E-state index in [-0.39, 0.29) is 11.5 Å². The van der Waals surface area contributed by atoms with Gasteiger partial charge in [-0.25, -0.2) is 23.2 Å². The lowest BCUT2D eigenvalue weighted by atomic mass is 10.4. The summed E-state index contributed by atoms with van der Waals surface area (Å²) in [5.74, 6) is -0.975. The van der Waals surface area contributed by atoms with Gasteiger partial charge in [0, 0.05) is 24.9 Å². The summed E-state index contributed by atoms with van der Waals surface area (Å²) in [6.07, 6.45) is 7.46. The van der Waals surface area contributed by atoms with Gasteiger partial charge in [-0.2, -0.15) is 0 Å². The van der Waals surface area contributed by atoms with Crippen molar-refractivity contribution in [1.82, 2.24) is 9.97 Å². The van der Waals surface area contributed by atoms with Crippen LogP contribution >= 0.6 is 0 Å². The lowest BCUT2D eigenvalue weighted by Gasteiger charge is -2.26. The van der Waals surface area contributed by atoms with Gasteiger partial charge in [-0.3, -0.25) is 4.99 Å². The van der Waals surface area contributed by atoms with Crippen LogP contribution < -0.4 is 4.90 Å². The zero-order valence-corrected chi connectivity index (χ0v) is 10.6. The van der Waals surface area contributed by atoms with Crippen molar-refractivity contribution in [3.63, 3.8) is 0 Å². The van der Waals surface area contributed by atoms with Gasteiger partial charge in [0.25, 0.3) is 0 Å². The van der Waals surface area contributed by atoms with Gasteiger partial charge in [-0.1, -0.05) is 0 Å². The number of hydrogen-bond donors (Lipinski definition) is 1. The van der Waals surface area contributed by atoms with Crippen LogP contribution in [-0.2, 0) is 9.84 Å². The minimum Gasteiger partial charge on any atom is -0.476 e. The van der Waals surface area contributed by atoms with E-state index in [1.165, 1.54) is 29.7 Å². The molecule has 1 aliphatic heterocycles. The molecule has 1 unspecified atom stereocenters. The van der Waals surface area contributed by atoms with Crippen LogP contribution in [0.1, 0.15) is 10.5 Å². The molecular weight excluding hydrogens is 272 g/mol. The monoisotopic (exact) mass is 282 g/mol. The fraction of sp³-hybridized carbons (Fsp3) is 0.200. The summed E-state index contributed by atoms with van der Waals surface area (Å²) in [7, 11) is -3.41. The van der Waals surface area contributed by atoms with E-state index in [0.717, 1.165) is 12.5 Å². The number of carbonyl (C=O) groups is 1. The Morgan fingerprint density at radius 3 is 2.63 bits per heavy atom. The number of carboxylic acids is 1. The predicted octanol–water partition coefficient (Wildman–Crippen LogP) is -0.0925. The highest BCUT2D eigenvalue weighted by atomic mass is 32.2. The van der Waals surface area contributed by atoms with Crippen molar-refractivity contribution in [2.45, 2.75) is 5.37 Å². The van der Waals surface area contributed by atoms with E-state index >= 15 is 0 Å². The molecule has 1 aromatic rings. The third kappa shape index (κ3) is 2.76. The highest BCUT2D eigenvalue weighted by Crippen LogP contribution is 2.18. The molecule has 0 aromatic carbocycles. The molecule has 0 spiro atoms. The average molecular weight is 282 g/mol. The van der Waals surface area contributed by atoms with E-state index in [1.807, 2.05) is 0 Å². The molecule has 0 saturated heterocycles. The molecule has 0 fully saturated rings. The average Bonchev–Trinajstić information content (AvgIpc) is 2.38. The van der Waals surface area contributed by atoms with Gasteiger partial charge in [0.1, 0.15) is 0 Å². The number of aromatic carboxylic acids is 1. The molecule has 1 atom stereocenters.